The van der Waals surface area contributed by atoms with Crippen molar-refractivity contribution < 1.29 is 4.39 Å². The van der Waals surface area contributed by atoms with E-state index >= 15 is 0 Å². The largest absolute Gasteiger partial charge is 0.317 e. The van der Waals surface area contributed by atoms with Gasteiger partial charge in [-0.1, -0.05) is 30.4 Å². The molecule has 1 heterocycles. The number of nitrogens with zero attached hydrogens (tertiary/aromatic N) is 2. The van der Waals surface area contributed by atoms with Gasteiger partial charge in [-0.15, -0.1) is 10.2 Å². The number of aryl methyl sites for hydroxylation is 1. The predicted octanol–water partition coefficient (Wildman–Crippen LogP) is 2.80. The Morgan fingerprint density at radius 3 is 2.94 bits per heavy atom. The highest BCUT2D eigenvalue weighted by molar-refractivity contribution is 7.14. The molecule has 3 nitrogen and oxygen atoms in total. The molecule has 0 saturated heterocycles. The molecule has 0 saturated carbocycles. The van der Waals surface area contributed by atoms with Gasteiger partial charge < -0.3 is 5.32 Å². The maximum absolute atomic E-state index is 13.9. The van der Waals surface area contributed by atoms with Crippen molar-refractivity contribution in [3.8, 4) is 10.6 Å². The van der Waals surface area contributed by atoms with Crippen molar-refractivity contribution in [3.05, 3.63) is 34.6 Å². The van der Waals surface area contributed by atoms with Crippen LogP contribution in [0.5, 0.6) is 0 Å². The van der Waals surface area contributed by atoms with E-state index in [0.717, 1.165) is 24.5 Å². The molecular formula is C13H16FN3S. The molecule has 0 radical (unpaired) electrons. The lowest BCUT2D eigenvalue weighted by Gasteiger charge is -2.00. The summed E-state index contributed by atoms with van der Waals surface area (Å²) < 4.78 is 13.9. The average molecular weight is 265 g/mol. The third kappa shape index (κ3) is 2.91. The van der Waals surface area contributed by atoms with Crippen LogP contribution >= 0.6 is 11.3 Å². The Labute approximate surface area is 110 Å². The van der Waals surface area contributed by atoms with Gasteiger partial charge in [0.2, 0.25) is 0 Å². The van der Waals surface area contributed by atoms with Gasteiger partial charge in [0, 0.05) is 18.5 Å². The quantitative estimate of drug-likeness (QED) is 0.845. The summed E-state index contributed by atoms with van der Waals surface area (Å²) in [6.07, 6.45) is 0.832. The smallest absolute Gasteiger partial charge is 0.150 e. The fourth-order valence-electron chi connectivity index (χ4n) is 1.65. The van der Waals surface area contributed by atoms with Crippen molar-refractivity contribution in [3.63, 3.8) is 0 Å². The Kier molecular flexibility index (Phi) is 4.38. The molecule has 1 aromatic carbocycles. The minimum Gasteiger partial charge on any atom is -0.317 e. The number of likely N-dealkylation sites (N-methyl/N-ethyl adjacent to an activating group) is 1. The van der Waals surface area contributed by atoms with Crippen molar-refractivity contribution in [2.75, 3.05) is 13.1 Å². The lowest BCUT2D eigenvalue weighted by molar-refractivity contribution is 0.621. The number of halogens is 1. The van der Waals surface area contributed by atoms with Gasteiger partial charge in [0.05, 0.1) is 0 Å². The van der Waals surface area contributed by atoms with Crippen molar-refractivity contribution in [2.24, 2.45) is 0 Å². The van der Waals surface area contributed by atoms with Crippen LogP contribution in [-0.4, -0.2) is 23.3 Å². The molecule has 0 aliphatic rings. The molecule has 0 unspecified atom stereocenters. The Morgan fingerprint density at radius 1 is 1.33 bits per heavy atom. The van der Waals surface area contributed by atoms with Crippen LogP contribution in [0.3, 0.4) is 0 Å². The number of aromatic nitrogens is 2. The van der Waals surface area contributed by atoms with Gasteiger partial charge >= 0.3 is 0 Å². The summed E-state index contributed by atoms with van der Waals surface area (Å²) in [6.45, 7) is 5.64. The van der Waals surface area contributed by atoms with Crippen LogP contribution in [0.25, 0.3) is 10.6 Å². The molecule has 0 bridgehead atoms. The second-order valence-electron chi connectivity index (χ2n) is 4.04. The normalized spacial score (nSPS) is 10.8. The zero-order valence-corrected chi connectivity index (χ0v) is 11.4. The van der Waals surface area contributed by atoms with Crippen LogP contribution in [-0.2, 0) is 6.42 Å². The first-order valence-corrected chi connectivity index (χ1v) is 6.82. The average Bonchev–Trinajstić information content (AvgIpc) is 2.82. The first-order chi connectivity index (χ1) is 8.72. The summed E-state index contributed by atoms with van der Waals surface area (Å²) in [5.74, 6) is -0.202. The summed E-state index contributed by atoms with van der Waals surface area (Å²) in [4.78, 5) is 0. The molecule has 2 aromatic rings. The van der Waals surface area contributed by atoms with E-state index < -0.39 is 0 Å². The van der Waals surface area contributed by atoms with Gasteiger partial charge in [0.25, 0.3) is 0 Å². The summed E-state index contributed by atoms with van der Waals surface area (Å²) in [6, 6.07) is 5.34. The standard InChI is InChI=1S/C13H16FN3S/c1-3-15-8-7-11-16-17-13(18-11)10-6-4-5-9(2)12(10)14/h4-6,15H,3,7-8H2,1-2H3. The lowest BCUT2D eigenvalue weighted by atomic mass is 10.1. The molecule has 1 aromatic heterocycles. The summed E-state index contributed by atoms with van der Waals surface area (Å²) in [7, 11) is 0. The summed E-state index contributed by atoms with van der Waals surface area (Å²) in [5.41, 5.74) is 1.18. The first-order valence-electron chi connectivity index (χ1n) is 6.01. The Balaban J connectivity index is 2.16. The van der Waals surface area contributed by atoms with Crippen molar-refractivity contribution in [1.29, 1.82) is 0 Å². The van der Waals surface area contributed by atoms with Crippen LogP contribution in [0, 0.1) is 12.7 Å². The minimum atomic E-state index is -0.202. The van der Waals surface area contributed by atoms with Crippen LogP contribution < -0.4 is 5.32 Å². The van der Waals surface area contributed by atoms with Gasteiger partial charge in [0.1, 0.15) is 10.8 Å². The molecule has 18 heavy (non-hydrogen) atoms. The van der Waals surface area contributed by atoms with E-state index in [1.807, 2.05) is 6.07 Å². The van der Waals surface area contributed by atoms with Crippen molar-refractivity contribution in [2.45, 2.75) is 20.3 Å². The van der Waals surface area contributed by atoms with Crippen LogP contribution in [0.15, 0.2) is 18.2 Å². The fourth-order valence-corrected chi connectivity index (χ4v) is 2.51. The topological polar surface area (TPSA) is 37.8 Å². The third-order valence-electron chi connectivity index (χ3n) is 2.65. The molecule has 0 aliphatic heterocycles. The lowest BCUT2D eigenvalue weighted by Crippen LogP contribution is -2.15. The maximum Gasteiger partial charge on any atom is 0.150 e. The second kappa shape index (κ2) is 6.02. The highest BCUT2D eigenvalue weighted by Gasteiger charge is 2.12. The van der Waals surface area contributed by atoms with E-state index in [0.29, 0.717) is 16.1 Å². The Bertz CT molecular complexity index is 525. The molecule has 0 aliphatic carbocycles. The highest BCUT2D eigenvalue weighted by Crippen LogP contribution is 2.27. The number of hydrogen-bond donors (Lipinski definition) is 1. The molecule has 0 fully saturated rings. The van der Waals surface area contributed by atoms with Gasteiger partial charge in [-0.05, 0) is 25.1 Å². The molecule has 1 N–H and O–H groups in total. The number of rotatable bonds is 5. The number of hydrogen-bond acceptors (Lipinski definition) is 4. The van der Waals surface area contributed by atoms with Crippen LogP contribution in [0.4, 0.5) is 4.39 Å². The minimum absolute atomic E-state index is 0.202. The molecule has 96 valence electrons. The first kappa shape index (κ1) is 13.1. The summed E-state index contributed by atoms with van der Waals surface area (Å²) in [5, 5.41) is 13.0. The van der Waals surface area contributed by atoms with Gasteiger partial charge in [-0.25, -0.2) is 4.39 Å². The molecular weight excluding hydrogens is 249 g/mol. The number of nitrogens with one attached hydrogen (secondary N) is 1. The van der Waals surface area contributed by atoms with Crippen molar-refractivity contribution >= 4 is 11.3 Å². The zero-order valence-electron chi connectivity index (χ0n) is 10.5. The highest BCUT2D eigenvalue weighted by atomic mass is 32.1. The van der Waals surface area contributed by atoms with Gasteiger partial charge in [0.15, 0.2) is 5.01 Å². The van der Waals surface area contributed by atoms with E-state index in [1.165, 1.54) is 11.3 Å². The zero-order chi connectivity index (χ0) is 13.0. The maximum atomic E-state index is 13.9. The number of benzene rings is 1. The molecule has 2 rings (SSSR count). The fraction of sp³-hybridized carbons (Fsp3) is 0.385. The monoisotopic (exact) mass is 265 g/mol. The van der Waals surface area contributed by atoms with E-state index in [1.54, 1.807) is 19.1 Å². The molecule has 0 spiro atoms. The van der Waals surface area contributed by atoms with Gasteiger partial charge in [-0.3, -0.25) is 0 Å². The summed E-state index contributed by atoms with van der Waals surface area (Å²) >= 11 is 1.46. The molecule has 0 atom stereocenters. The third-order valence-corrected chi connectivity index (χ3v) is 3.67. The SMILES string of the molecule is CCNCCc1nnc(-c2cccc(C)c2F)s1. The Morgan fingerprint density at radius 2 is 2.17 bits per heavy atom. The van der Waals surface area contributed by atoms with Gasteiger partial charge in [-0.2, -0.15) is 0 Å². The van der Waals surface area contributed by atoms with Crippen LogP contribution in [0.2, 0.25) is 0 Å². The molecule has 0 amide bonds. The van der Waals surface area contributed by atoms with E-state index in [-0.39, 0.29) is 5.82 Å². The predicted molar refractivity (Wildman–Crippen MR) is 72.3 cm³/mol. The van der Waals surface area contributed by atoms with Crippen molar-refractivity contribution in [1.82, 2.24) is 15.5 Å². The van der Waals surface area contributed by atoms with E-state index in [2.05, 4.69) is 22.4 Å². The molecule has 5 heteroatoms. The second-order valence-corrected chi connectivity index (χ2v) is 5.10. The van der Waals surface area contributed by atoms with Crippen LogP contribution in [0.1, 0.15) is 17.5 Å². The van der Waals surface area contributed by atoms with E-state index in [9.17, 15) is 4.39 Å². The van der Waals surface area contributed by atoms with E-state index in [4.69, 9.17) is 0 Å². The Hall–Kier alpha value is -1.33.